The average molecular weight is 214 g/mol. The van der Waals surface area contributed by atoms with Gasteiger partial charge in [0, 0.05) is 25.7 Å². The zero-order valence-electron chi connectivity index (χ0n) is 8.65. The summed E-state index contributed by atoms with van der Waals surface area (Å²) in [5, 5.41) is -0.150. The van der Waals surface area contributed by atoms with Crippen molar-refractivity contribution in [2.75, 3.05) is 26.2 Å². The van der Waals surface area contributed by atoms with Gasteiger partial charge in [-0.2, -0.15) is 12.6 Å². The van der Waals surface area contributed by atoms with Crippen molar-refractivity contribution in [1.82, 2.24) is 9.80 Å². The Morgan fingerprint density at radius 2 is 2.21 bits per heavy atom. The van der Waals surface area contributed by atoms with E-state index in [-0.39, 0.29) is 11.2 Å². The first-order valence-electron chi connectivity index (χ1n) is 5.39. The quantitative estimate of drug-likeness (QED) is 0.647. The van der Waals surface area contributed by atoms with Crippen LogP contribution in [0, 0.1) is 0 Å². The maximum atomic E-state index is 11.7. The second-order valence-electron chi connectivity index (χ2n) is 4.29. The van der Waals surface area contributed by atoms with E-state index in [0.717, 1.165) is 19.6 Å². The molecule has 80 valence electrons. The number of nitrogens with zero attached hydrogens (tertiary/aromatic N) is 2. The maximum absolute atomic E-state index is 11.7. The summed E-state index contributed by atoms with van der Waals surface area (Å²) in [5.74, 6) is 0.194. The van der Waals surface area contributed by atoms with Crippen molar-refractivity contribution in [3.05, 3.63) is 0 Å². The zero-order chi connectivity index (χ0) is 10.1. The molecule has 0 spiro atoms. The Hall–Kier alpha value is -0.220. The molecule has 2 aliphatic heterocycles. The summed E-state index contributed by atoms with van der Waals surface area (Å²) < 4.78 is 0. The molecule has 4 heteroatoms. The largest absolute Gasteiger partial charge is 0.339 e. The highest BCUT2D eigenvalue weighted by atomic mass is 32.1. The molecule has 2 saturated heterocycles. The first-order valence-corrected chi connectivity index (χ1v) is 5.91. The average Bonchev–Trinajstić information content (AvgIpc) is 2.62. The standard InChI is InChI=1S/C10H18N2OS/c1-8(14)10(13)12-6-5-11-4-2-3-9(11)7-12/h8-9,14H,2-7H2,1H3. The summed E-state index contributed by atoms with van der Waals surface area (Å²) in [7, 11) is 0. The molecule has 0 aromatic heterocycles. The fraction of sp³-hybridized carbons (Fsp3) is 0.900. The molecule has 0 bridgehead atoms. The van der Waals surface area contributed by atoms with E-state index in [2.05, 4.69) is 17.5 Å². The molecule has 2 heterocycles. The number of amides is 1. The normalized spacial score (nSPS) is 30.1. The predicted octanol–water partition coefficient (Wildman–Crippen LogP) is 0.611. The third kappa shape index (κ3) is 1.91. The Bertz CT molecular complexity index is 232. The van der Waals surface area contributed by atoms with Crippen LogP contribution in [0.5, 0.6) is 0 Å². The van der Waals surface area contributed by atoms with Gasteiger partial charge in [0.05, 0.1) is 5.25 Å². The van der Waals surface area contributed by atoms with Crippen molar-refractivity contribution in [3.63, 3.8) is 0 Å². The van der Waals surface area contributed by atoms with Crippen molar-refractivity contribution < 1.29 is 4.79 Å². The van der Waals surface area contributed by atoms with Gasteiger partial charge in [-0.05, 0) is 26.3 Å². The molecule has 0 aromatic rings. The third-order valence-electron chi connectivity index (χ3n) is 3.26. The molecule has 1 amide bonds. The van der Waals surface area contributed by atoms with Crippen LogP contribution in [-0.4, -0.2) is 53.2 Å². The number of piperazine rings is 1. The van der Waals surface area contributed by atoms with Crippen LogP contribution in [0.15, 0.2) is 0 Å². The van der Waals surface area contributed by atoms with Gasteiger partial charge in [0.1, 0.15) is 0 Å². The second kappa shape index (κ2) is 4.11. The number of hydrogen-bond donors (Lipinski definition) is 1. The fourth-order valence-electron chi connectivity index (χ4n) is 2.46. The van der Waals surface area contributed by atoms with E-state index in [1.54, 1.807) is 0 Å². The predicted molar refractivity (Wildman–Crippen MR) is 59.6 cm³/mol. The monoisotopic (exact) mass is 214 g/mol. The minimum absolute atomic E-state index is 0.150. The summed E-state index contributed by atoms with van der Waals surface area (Å²) in [5.41, 5.74) is 0. The van der Waals surface area contributed by atoms with E-state index in [9.17, 15) is 4.79 Å². The Morgan fingerprint density at radius 3 is 2.93 bits per heavy atom. The van der Waals surface area contributed by atoms with E-state index in [1.807, 2.05) is 11.8 Å². The second-order valence-corrected chi connectivity index (χ2v) is 5.07. The number of carbonyl (C=O) groups excluding carboxylic acids is 1. The first-order chi connectivity index (χ1) is 6.68. The molecule has 14 heavy (non-hydrogen) atoms. The minimum Gasteiger partial charge on any atom is -0.339 e. The lowest BCUT2D eigenvalue weighted by molar-refractivity contribution is -0.132. The van der Waals surface area contributed by atoms with Crippen molar-refractivity contribution in [1.29, 1.82) is 0 Å². The molecule has 2 atom stereocenters. The van der Waals surface area contributed by atoms with Crippen molar-refractivity contribution in [3.8, 4) is 0 Å². The Balaban J connectivity index is 1.94. The minimum atomic E-state index is -0.150. The first kappa shape index (κ1) is 10.3. The van der Waals surface area contributed by atoms with E-state index in [0.29, 0.717) is 6.04 Å². The summed E-state index contributed by atoms with van der Waals surface area (Å²) in [4.78, 5) is 16.2. The van der Waals surface area contributed by atoms with Crippen LogP contribution in [0.1, 0.15) is 19.8 Å². The molecule has 0 saturated carbocycles. The summed E-state index contributed by atoms with van der Waals surface area (Å²) in [6, 6.07) is 0.625. The van der Waals surface area contributed by atoms with Crippen LogP contribution < -0.4 is 0 Å². The highest BCUT2D eigenvalue weighted by molar-refractivity contribution is 7.81. The van der Waals surface area contributed by atoms with Gasteiger partial charge >= 0.3 is 0 Å². The number of rotatable bonds is 1. The molecule has 0 N–H and O–H groups in total. The van der Waals surface area contributed by atoms with Gasteiger partial charge in [-0.15, -0.1) is 0 Å². The molecule has 3 nitrogen and oxygen atoms in total. The molecule has 0 radical (unpaired) electrons. The molecular weight excluding hydrogens is 196 g/mol. The molecule has 2 rings (SSSR count). The van der Waals surface area contributed by atoms with Crippen LogP contribution >= 0.6 is 12.6 Å². The van der Waals surface area contributed by atoms with E-state index < -0.39 is 0 Å². The van der Waals surface area contributed by atoms with Gasteiger partial charge in [-0.1, -0.05) is 0 Å². The summed E-state index contributed by atoms with van der Waals surface area (Å²) in [6.07, 6.45) is 2.55. The molecular formula is C10H18N2OS. The van der Waals surface area contributed by atoms with Gasteiger partial charge in [-0.25, -0.2) is 0 Å². The molecule has 0 aromatic carbocycles. The van der Waals surface area contributed by atoms with Crippen molar-refractivity contribution in [2.24, 2.45) is 0 Å². The fourth-order valence-corrected chi connectivity index (χ4v) is 2.62. The van der Waals surface area contributed by atoms with Crippen LogP contribution in [0.4, 0.5) is 0 Å². The van der Waals surface area contributed by atoms with Crippen molar-refractivity contribution >= 4 is 18.5 Å². The van der Waals surface area contributed by atoms with Gasteiger partial charge in [0.25, 0.3) is 0 Å². The van der Waals surface area contributed by atoms with Gasteiger partial charge in [-0.3, -0.25) is 9.69 Å². The Morgan fingerprint density at radius 1 is 1.43 bits per heavy atom. The van der Waals surface area contributed by atoms with Crippen molar-refractivity contribution in [2.45, 2.75) is 31.1 Å². The number of fused-ring (bicyclic) bond motifs is 1. The van der Waals surface area contributed by atoms with Gasteiger partial charge in [0.15, 0.2) is 0 Å². The van der Waals surface area contributed by atoms with E-state index in [1.165, 1.54) is 19.4 Å². The van der Waals surface area contributed by atoms with Gasteiger partial charge < -0.3 is 4.90 Å². The smallest absolute Gasteiger partial charge is 0.235 e. The highest BCUT2D eigenvalue weighted by Gasteiger charge is 2.32. The Labute approximate surface area is 90.8 Å². The van der Waals surface area contributed by atoms with Crippen LogP contribution in [0.2, 0.25) is 0 Å². The zero-order valence-corrected chi connectivity index (χ0v) is 9.54. The highest BCUT2D eigenvalue weighted by Crippen LogP contribution is 2.22. The maximum Gasteiger partial charge on any atom is 0.235 e. The lowest BCUT2D eigenvalue weighted by Gasteiger charge is -2.38. The van der Waals surface area contributed by atoms with E-state index in [4.69, 9.17) is 0 Å². The number of hydrogen-bond acceptors (Lipinski definition) is 3. The van der Waals surface area contributed by atoms with Crippen LogP contribution in [0.25, 0.3) is 0 Å². The topological polar surface area (TPSA) is 23.6 Å². The summed E-state index contributed by atoms with van der Waals surface area (Å²) in [6.45, 7) is 5.94. The summed E-state index contributed by atoms with van der Waals surface area (Å²) >= 11 is 4.20. The third-order valence-corrected chi connectivity index (χ3v) is 3.48. The molecule has 2 aliphatic rings. The van der Waals surface area contributed by atoms with Crippen LogP contribution in [0.3, 0.4) is 0 Å². The number of carbonyl (C=O) groups is 1. The lowest BCUT2D eigenvalue weighted by Crippen LogP contribution is -2.53. The number of thiol groups is 1. The molecule has 0 aliphatic carbocycles. The van der Waals surface area contributed by atoms with Gasteiger partial charge in [0.2, 0.25) is 5.91 Å². The SMILES string of the molecule is CC(S)C(=O)N1CCN2CCCC2C1. The van der Waals surface area contributed by atoms with Crippen LogP contribution in [-0.2, 0) is 4.79 Å². The molecule has 2 fully saturated rings. The Kier molecular flexibility index (Phi) is 3.02. The van der Waals surface area contributed by atoms with E-state index >= 15 is 0 Å². The lowest BCUT2D eigenvalue weighted by atomic mass is 10.1. The molecule has 2 unspecified atom stereocenters.